The molecule has 118 valence electrons. The minimum atomic E-state index is -2.82. The van der Waals surface area contributed by atoms with Crippen LogP contribution in [0.2, 0.25) is 0 Å². The van der Waals surface area contributed by atoms with E-state index in [1.165, 1.54) is 0 Å². The number of anilines is 2. The molecule has 2 heterocycles. The Morgan fingerprint density at radius 1 is 1.29 bits per heavy atom. The lowest BCUT2D eigenvalue weighted by Gasteiger charge is -2.14. The molecule has 0 aromatic carbocycles. The average Bonchev–Trinajstić information content (AvgIpc) is 2.76. The Bertz CT molecular complexity index is 587. The number of nitrogens with one attached hydrogen (secondary N) is 2. The molecule has 0 radical (unpaired) electrons. The zero-order valence-corrected chi connectivity index (χ0v) is 13.7. The number of hydrogen-bond acceptors (Lipinski definition) is 6. The average molecular weight is 312 g/mol. The van der Waals surface area contributed by atoms with Gasteiger partial charge >= 0.3 is 0 Å². The summed E-state index contributed by atoms with van der Waals surface area (Å²) in [6.45, 7) is 7.57. The summed E-state index contributed by atoms with van der Waals surface area (Å²) in [5, 5.41) is 6.46. The zero-order valence-electron chi connectivity index (χ0n) is 12.9. The van der Waals surface area contributed by atoms with E-state index >= 15 is 0 Å². The molecule has 21 heavy (non-hydrogen) atoms. The van der Waals surface area contributed by atoms with Gasteiger partial charge < -0.3 is 10.6 Å². The van der Waals surface area contributed by atoms with Crippen LogP contribution in [-0.2, 0) is 9.84 Å². The molecule has 1 fully saturated rings. The monoisotopic (exact) mass is 312 g/mol. The van der Waals surface area contributed by atoms with Crippen LogP contribution >= 0.6 is 0 Å². The highest BCUT2D eigenvalue weighted by molar-refractivity contribution is 7.91. The van der Waals surface area contributed by atoms with Crippen molar-refractivity contribution in [1.29, 1.82) is 0 Å². The van der Waals surface area contributed by atoms with Crippen molar-refractivity contribution in [3.8, 4) is 0 Å². The molecule has 1 aliphatic rings. The van der Waals surface area contributed by atoms with Crippen molar-refractivity contribution >= 4 is 21.5 Å². The van der Waals surface area contributed by atoms with Crippen molar-refractivity contribution in [2.24, 2.45) is 5.92 Å². The molecule has 1 aromatic rings. The number of sulfone groups is 1. The highest BCUT2D eigenvalue weighted by Crippen LogP contribution is 2.21. The molecule has 0 amide bonds. The smallest absolute Gasteiger partial charge is 0.150 e. The quantitative estimate of drug-likeness (QED) is 0.834. The Labute approximate surface area is 126 Å². The molecule has 7 heteroatoms. The van der Waals surface area contributed by atoms with Crippen molar-refractivity contribution < 1.29 is 8.42 Å². The van der Waals surface area contributed by atoms with Crippen molar-refractivity contribution in [2.75, 3.05) is 35.2 Å². The molecule has 1 aliphatic heterocycles. The van der Waals surface area contributed by atoms with Crippen molar-refractivity contribution in [3.63, 3.8) is 0 Å². The summed E-state index contributed by atoms with van der Waals surface area (Å²) in [6, 6.07) is 1.87. The summed E-state index contributed by atoms with van der Waals surface area (Å²) >= 11 is 0. The zero-order chi connectivity index (χ0) is 15.5. The molecule has 2 N–H and O–H groups in total. The third-order valence-corrected chi connectivity index (χ3v) is 5.35. The van der Waals surface area contributed by atoms with Crippen LogP contribution in [0.1, 0.15) is 38.9 Å². The van der Waals surface area contributed by atoms with E-state index in [2.05, 4.69) is 34.4 Å². The molecule has 1 unspecified atom stereocenters. The van der Waals surface area contributed by atoms with E-state index in [9.17, 15) is 8.42 Å². The van der Waals surface area contributed by atoms with Gasteiger partial charge in [0.25, 0.3) is 0 Å². The summed E-state index contributed by atoms with van der Waals surface area (Å²) in [6.07, 6.45) is 0.734. The second-order valence-corrected chi connectivity index (χ2v) is 8.06. The molecule has 0 aliphatic carbocycles. The second-order valence-electron chi connectivity index (χ2n) is 5.83. The first-order valence-corrected chi connectivity index (χ1v) is 9.29. The second kappa shape index (κ2) is 6.60. The van der Waals surface area contributed by atoms with Crippen LogP contribution in [-0.4, -0.2) is 43.0 Å². The lowest BCUT2D eigenvalue weighted by molar-refractivity contribution is 0.595. The molecule has 0 spiro atoms. The number of aromatic nitrogens is 2. The molecule has 1 atom stereocenters. The van der Waals surface area contributed by atoms with E-state index in [0.717, 1.165) is 30.4 Å². The minimum absolute atomic E-state index is 0.176. The minimum Gasteiger partial charge on any atom is -0.370 e. The van der Waals surface area contributed by atoms with Gasteiger partial charge in [-0.1, -0.05) is 13.8 Å². The fourth-order valence-corrected chi connectivity index (χ4v) is 4.23. The Morgan fingerprint density at radius 2 is 1.95 bits per heavy atom. The normalized spacial score (nSPS) is 20.7. The molecule has 0 saturated carbocycles. The largest absolute Gasteiger partial charge is 0.370 e. The fraction of sp³-hybridized carbons (Fsp3) is 0.714. The van der Waals surface area contributed by atoms with E-state index in [4.69, 9.17) is 0 Å². The Balaban J connectivity index is 2.05. The predicted molar refractivity (Wildman–Crippen MR) is 85.5 cm³/mol. The topological polar surface area (TPSA) is 84.0 Å². The van der Waals surface area contributed by atoms with E-state index < -0.39 is 9.84 Å². The van der Waals surface area contributed by atoms with Gasteiger partial charge in [0.05, 0.1) is 11.5 Å². The summed E-state index contributed by atoms with van der Waals surface area (Å²) in [4.78, 5) is 8.97. The van der Waals surface area contributed by atoms with E-state index in [1.54, 1.807) is 0 Å². The predicted octanol–water partition coefficient (Wildman–Crippen LogP) is 1.88. The Kier molecular flexibility index (Phi) is 5.03. The van der Waals surface area contributed by atoms with Gasteiger partial charge in [0.1, 0.15) is 17.5 Å². The maximum absolute atomic E-state index is 11.5. The summed E-state index contributed by atoms with van der Waals surface area (Å²) in [7, 11) is -2.82. The van der Waals surface area contributed by atoms with Crippen molar-refractivity contribution in [2.45, 2.75) is 33.1 Å². The molecule has 2 rings (SSSR count). The lowest BCUT2D eigenvalue weighted by Crippen LogP contribution is -2.17. The summed E-state index contributed by atoms with van der Waals surface area (Å²) < 4.78 is 22.9. The SMILES string of the molecule is CCNc1cc(NCC2CCS(=O)(=O)C2)nc(C(C)C)n1. The molecule has 1 aromatic heterocycles. The Morgan fingerprint density at radius 3 is 2.48 bits per heavy atom. The maximum Gasteiger partial charge on any atom is 0.150 e. The number of rotatable bonds is 6. The summed E-state index contributed by atoms with van der Waals surface area (Å²) in [5.74, 6) is 3.36. The third-order valence-electron chi connectivity index (χ3n) is 3.52. The maximum atomic E-state index is 11.5. The molecule has 0 bridgehead atoms. The fourth-order valence-electron chi connectivity index (χ4n) is 2.37. The van der Waals surface area contributed by atoms with Gasteiger partial charge in [-0.25, -0.2) is 18.4 Å². The lowest BCUT2D eigenvalue weighted by atomic mass is 10.1. The van der Waals surface area contributed by atoms with E-state index in [0.29, 0.717) is 12.3 Å². The first kappa shape index (κ1) is 16.0. The van der Waals surface area contributed by atoms with Crippen LogP contribution in [0.5, 0.6) is 0 Å². The summed E-state index contributed by atoms with van der Waals surface area (Å²) in [5.41, 5.74) is 0. The highest BCUT2D eigenvalue weighted by atomic mass is 32.2. The van der Waals surface area contributed by atoms with E-state index in [-0.39, 0.29) is 17.6 Å². The van der Waals surface area contributed by atoms with Gasteiger partial charge in [-0.2, -0.15) is 0 Å². The number of nitrogens with zero attached hydrogens (tertiary/aromatic N) is 2. The number of hydrogen-bond donors (Lipinski definition) is 2. The third kappa shape index (κ3) is 4.56. The standard InChI is InChI=1S/C14H24N4O2S/c1-4-15-12-7-13(18-14(17-12)10(2)3)16-8-11-5-6-21(19,20)9-11/h7,10-11H,4-6,8-9H2,1-3H3,(H2,15,16,17,18). The van der Waals surface area contributed by atoms with Gasteiger partial charge in [-0.3, -0.25) is 0 Å². The molecule has 6 nitrogen and oxygen atoms in total. The van der Waals surface area contributed by atoms with Gasteiger partial charge in [0.2, 0.25) is 0 Å². The Hall–Kier alpha value is -1.37. The first-order chi connectivity index (χ1) is 9.89. The molecular weight excluding hydrogens is 288 g/mol. The van der Waals surface area contributed by atoms with Crippen LogP contribution < -0.4 is 10.6 Å². The highest BCUT2D eigenvalue weighted by Gasteiger charge is 2.27. The van der Waals surface area contributed by atoms with Gasteiger partial charge in [0, 0.05) is 25.1 Å². The molecular formula is C14H24N4O2S. The van der Waals surface area contributed by atoms with E-state index in [1.807, 2.05) is 13.0 Å². The first-order valence-electron chi connectivity index (χ1n) is 7.46. The van der Waals surface area contributed by atoms with Gasteiger partial charge in [0.15, 0.2) is 9.84 Å². The van der Waals surface area contributed by atoms with Crippen LogP contribution in [0.25, 0.3) is 0 Å². The van der Waals surface area contributed by atoms with Gasteiger partial charge in [-0.15, -0.1) is 0 Å². The van der Waals surface area contributed by atoms with Crippen LogP contribution in [0.3, 0.4) is 0 Å². The van der Waals surface area contributed by atoms with Crippen molar-refractivity contribution in [1.82, 2.24) is 9.97 Å². The van der Waals surface area contributed by atoms with Crippen LogP contribution in [0, 0.1) is 5.92 Å². The van der Waals surface area contributed by atoms with Crippen molar-refractivity contribution in [3.05, 3.63) is 11.9 Å². The van der Waals surface area contributed by atoms with Crippen LogP contribution in [0.4, 0.5) is 11.6 Å². The van der Waals surface area contributed by atoms with Gasteiger partial charge in [-0.05, 0) is 19.3 Å². The molecule has 1 saturated heterocycles. The van der Waals surface area contributed by atoms with Crippen LogP contribution in [0.15, 0.2) is 6.07 Å².